The van der Waals surface area contributed by atoms with E-state index in [1.807, 2.05) is 30.3 Å². The van der Waals surface area contributed by atoms with Gasteiger partial charge < -0.3 is 10.1 Å². The third-order valence-corrected chi connectivity index (χ3v) is 4.68. The van der Waals surface area contributed by atoms with Crippen LogP contribution in [0.5, 0.6) is 5.75 Å². The number of rotatable bonds is 6. The number of thiol groups is 1. The summed E-state index contributed by atoms with van der Waals surface area (Å²) in [5.41, 5.74) is 0.942. The lowest BCUT2D eigenvalue weighted by Gasteiger charge is -2.14. The lowest BCUT2D eigenvalue weighted by molar-refractivity contribution is 0.237. The minimum Gasteiger partial charge on any atom is -0.491 e. The van der Waals surface area contributed by atoms with Gasteiger partial charge in [0.25, 0.3) is 0 Å². The van der Waals surface area contributed by atoms with Crippen molar-refractivity contribution in [1.29, 1.82) is 0 Å². The number of aromatic amines is 1. The quantitative estimate of drug-likeness (QED) is 0.591. The Bertz CT molecular complexity index is 842. The first-order valence-electron chi connectivity index (χ1n) is 8.53. The molecule has 0 amide bonds. The van der Waals surface area contributed by atoms with Crippen LogP contribution in [0.3, 0.4) is 0 Å². The number of fused-ring (bicyclic) bond motifs is 1. The largest absolute Gasteiger partial charge is 0.491 e. The van der Waals surface area contributed by atoms with Crippen LogP contribution in [0, 0.1) is 0 Å². The molecule has 1 fully saturated rings. The Hall–Kier alpha value is -2.25. The van der Waals surface area contributed by atoms with Gasteiger partial charge in [-0.15, -0.1) is 12.6 Å². The fourth-order valence-electron chi connectivity index (χ4n) is 3.06. The van der Waals surface area contributed by atoms with Crippen molar-refractivity contribution in [3.05, 3.63) is 36.5 Å². The number of pyridine rings is 1. The van der Waals surface area contributed by atoms with E-state index in [9.17, 15) is 0 Å². The van der Waals surface area contributed by atoms with Gasteiger partial charge in [-0.05, 0) is 56.3 Å². The molecule has 0 bridgehead atoms. The summed E-state index contributed by atoms with van der Waals surface area (Å²) in [7, 11) is 0. The highest BCUT2D eigenvalue weighted by Crippen LogP contribution is 2.25. The van der Waals surface area contributed by atoms with Gasteiger partial charge in [0.1, 0.15) is 18.2 Å². The molecule has 1 aliphatic heterocycles. The molecule has 0 saturated carbocycles. The van der Waals surface area contributed by atoms with E-state index in [0.717, 1.165) is 39.7 Å². The smallest absolute Gasteiger partial charge is 0.161 e. The standard InChI is InChI=1S/C18H21N5OS/c25-14-4-5-15-16(11-14)21-22-18(15)20-17-6-3-13(12-19-17)24-10-9-23-7-1-2-8-23/h3-6,11-12,25H,1-2,7-10H2,(H2,19,20,21,22). The fraction of sp³-hybridized carbons (Fsp3) is 0.333. The Balaban J connectivity index is 1.36. The Morgan fingerprint density at radius 3 is 2.88 bits per heavy atom. The molecule has 6 nitrogen and oxygen atoms in total. The van der Waals surface area contributed by atoms with Gasteiger partial charge in [-0.25, -0.2) is 4.98 Å². The number of nitrogens with one attached hydrogen (secondary N) is 2. The monoisotopic (exact) mass is 355 g/mol. The van der Waals surface area contributed by atoms with Crippen molar-refractivity contribution in [3.63, 3.8) is 0 Å². The predicted octanol–water partition coefficient (Wildman–Crippen LogP) is 3.46. The minimum absolute atomic E-state index is 0.699. The summed E-state index contributed by atoms with van der Waals surface area (Å²) in [6.07, 6.45) is 4.35. The molecule has 0 atom stereocenters. The zero-order chi connectivity index (χ0) is 17.1. The average Bonchev–Trinajstić information content (AvgIpc) is 3.26. The van der Waals surface area contributed by atoms with Crippen molar-refractivity contribution < 1.29 is 4.74 Å². The summed E-state index contributed by atoms with van der Waals surface area (Å²) in [6, 6.07) is 9.70. The van der Waals surface area contributed by atoms with Crippen LogP contribution >= 0.6 is 12.6 Å². The van der Waals surface area contributed by atoms with Crippen molar-refractivity contribution in [2.75, 3.05) is 31.6 Å². The van der Waals surface area contributed by atoms with E-state index >= 15 is 0 Å². The molecule has 0 spiro atoms. The SMILES string of the molecule is Sc1ccc2c(Nc3ccc(OCCN4CCCC4)cn3)n[nH]c2c1. The molecule has 1 aromatic carbocycles. The van der Waals surface area contributed by atoms with Gasteiger partial charge in [-0.3, -0.25) is 10.00 Å². The van der Waals surface area contributed by atoms with E-state index in [4.69, 9.17) is 4.74 Å². The van der Waals surface area contributed by atoms with E-state index in [1.54, 1.807) is 6.20 Å². The van der Waals surface area contributed by atoms with E-state index in [2.05, 4.69) is 38.0 Å². The van der Waals surface area contributed by atoms with Crippen molar-refractivity contribution in [1.82, 2.24) is 20.1 Å². The molecule has 3 aromatic rings. The van der Waals surface area contributed by atoms with Crippen LogP contribution in [-0.4, -0.2) is 46.3 Å². The normalized spacial score (nSPS) is 14.9. The highest BCUT2D eigenvalue weighted by Gasteiger charge is 2.11. The van der Waals surface area contributed by atoms with Gasteiger partial charge >= 0.3 is 0 Å². The van der Waals surface area contributed by atoms with E-state index in [1.165, 1.54) is 25.9 Å². The minimum atomic E-state index is 0.699. The Morgan fingerprint density at radius 1 is 1.20 bits per heavy atom. The zero-order valence-electron chi connectivity index (χ0n) is 13.9. The van der Waals surface area contributed by atoms with Crippen LogP contribution < -0.4 is 10.1 Å². The summed E-state index contributed by atoms with van der Waals surface area (Å²) < 4.78 is 5.78. The number of anilines is 2. The van der Waals surface area contributed by atoms with Crippen LogP contribution in [0.25, 0.3) is 10.9 Å². The third kappa shape index (κ3) is 3.88. The van der Waals surface area contributed by atoms with E-state index in [-0.39, 0.29) is 0 Å². The second-order valence-electron chi connectivity index (χ2n) is 6.20. The molecule has 0 radical (unpaired) electrons. The summed E-state index contributed by atoms with van der Waals surface area (Å²) >= 11 is 4.34. The van der Waals surface area contributed by atoms with Gasteiger partial charge in [0.05, 0.1) is 11.7 Å². The highest BCUT2D eigenvalue weighted by molar-refractivity contribution is 7.80. The van der Waals surface area contributed by atoms with Crippen LogP contribution in [0.4, 0.5) is 11.6 Å². The van der Waals surface area contributed by atoms with Gasteiger partial charge in [-0.2, -0.15) is 5.10 Å². The van der Waals surface area contributed by atoms with Gasteiger partial charge in [0.2, 0.25) is 0 Å². The number of aromatic nitrogens is 3. The number of benzene rings is 1. The number of nitrogens with zero attached hydrogens (tertiary/aromatic N) is 3. The number of hydrogen-bond donors (Lipinski definition) is 3. The van der Waals surface area contributed by atoms with Crippen molar-refractivity contribution in [2.45, 2.75) is 17.7 Å². The first kappa shape index (κ1) is 16.2. The second kappa shape index (κ2) is 7.33. The molecule has 0 unspecified atom stereocenters. The second-order valence-corrected chi connectivity index (χ2v) is 6.72. The van der Waals surface area contributed by atoms with Crippen LogP contribution in [0.2, 0.25) is 0 Å². The summed E-state index contributed by atoms with van der Waals surface area (Å²) in [5, 5.41) is 11.5. The summed E-state index contributed by atoms with van der Waals surface area (Å²) in [4.78, 5) is 7.74. The number of ether oxygens (including phenoxy) is 1. The molecule has 7 heteroatoms. The van der Waals surface area contributed by atoms with E-state index < -0.39 is 0 Å². The van der Waals surface area contributed by atoms with Crippen LogP contribution in [-0.2, 0) is 0 Å². The fourth-order valence-corrected chi connectivity index (χ4v) is 3.27. The Kier molecular flexibility index (Phi) is 4.76. The highest BCUT2D eigenvalue weighted by atomic mass is 32.1. The van der Waals surface area contributed by atoms with Gasteiger partial charge in [-0.1, -0.05) is 0 Å². The summed E-state index contributed by atoms with van der Waals surface area (Å²) in [5.74, 6) is 2.27. The molecular weight excluding hydrogens is 334 g/mol. The van der Waals surface area contributed by atoms with Gasteiger partial charge in [0.15, 0.2) is 5.82 Å². The number of H-pyrrole nitrogens is 1. The zero-order valence-corrected chi connectivity index (χ0v) is 14.8. The Labute approximate surface area is 152 Å². The maximum absolute atomic E-state index is 5.78. The molecule has 2 aromatic heterocycles. The van der Waals surface area contributed by atoms with Crippen LogP contribution in [0.15, 0.2) is 41.4 Å². The molecule has 130 valence electrons. The first-order valence-corrected chi connectivity index (χ1v) is 8.98. The first-order chi connectivity index (χ1) is 12.3. The van der Waals surface area contributed by atoms with Crippen molar-refractivity contribution in [3.8, 4) is 5.75 Å². The average molecular weight is 355 g/mol. The molecule has 25 heavy (non-hydrogen) atoms. The molecule has 0 aliphatic carbocycles. The number of hydrogen-bond acceptors (Lipinski definition) is 6. The molecule has 1 aliphatic rings. The maximum atomic E-state index is 5.78. The lowest BCUT2D eigenvalue weighted by atomic mass is 10.2. The molecule has 1 saturated heterocycles. The lowest BCUT2D eigenvalue weighted by Crippen LogP contribution is -2.25. The topological polar surface area (TPSA) is 66.1 Å². The predicted molar refractivity (Wildman–Crippen MR) is 102 cm³/mol. The molecule has 2 N–H and O–H groups in total. The molecule has 4 rings (SSSR count). The molecule has 3 heterocycles. The van der Waals surface area contributed by atoms with Gasteiger partial charge in [0, 0.05) is 16.8 Å². The maximum Gasteiger partial charge on any atom is 0.161 e. The third-order valence-electron chi connectivity index (χ3n) is 4.40. The van der Waals surface area contributed by atoms with E-state index in [0.29, 0.717) is 6.61 Å². The Morgan fingerprint density at radius 2 is 2.08 bits per heavy atom. The number of likely N-dealkylation sites (tertiary alicyclic amines) is 1. The molecular formula is C18H21N5OS. The van der Waals surface area contributed by atoms with Crippen molar-refractivity contribution >= 4 is 35.2 Å². The summed E-state index contributed by atoms with van der Waals surface area (Å²) in [6.45, 7) is 4.06. The van der Waals surface area contributed by atoms with Crippen LogP contribution in [0.1, 0.15) is 12.8 Å². The van der Waals surface area contributed by atoms with Crippen molar-refractivity contribution in [2.24, 2.45) is 0 Å².